The second kappa shape index (κ2) is 4.17. The number of nitrogens with zero attached hydrogens (tertiary/aromatic N) is 2. The fourth-order valence-corrected chi connectivity index (χ4v) is 1.73. The van der Waals surface area contributed by atoms with E-state index in [2.05, 4.69) is 22.9 Å². The number of rotatable bonds is 2. The van der Waals surface area contributed by atoms with E-state index in [0.29, 0.717) is 6.54 Å². The molecule has 1 aromatic carbocycles. The molecule has 1 aromatic heterocycles. The van der Waals surface area contributed by atoms with E-state index in [0.717, 1.165) is 22.4 Å². The normalized spacial score (nSPS) is 10.7. The van der Waals surface area contributed by atoms with E-state index < -0.39 is 0 Å². The Morgan fingerprint density at radius 3 is 3.00 bits per heavy atom. The molecule has 2 rings (SSSR count). The average Bonchev–Trinajstić information content (AvgIpc) is 2.52. The van der Waals surface area contributed by atoms with Gasteiger partial charge in [0.05, 0.1) is 11.0 Å². The van der Waals surface area contributed by atoms with Crippen LogP contribution in [0.2, 0.25) is 0 Å². The zero-order valence-corrected chi connectivity index (χ0v) is 10.1. The number of aryl methyl sites for hydroxylation is 2. The third kappa shape index (κ3) is 2.04. The van der Waals surface area contributed by atoms with Gasteiger partial charge >= 0.3 is 0 Å². The van der Waals surface area contributed by atoms with Gasteiger partial charge in [-0.3, -0.25) is 4.79 Å². The van der Waals surface area contributed by atoms with Gasteiger partial charge in [-0.1, -0.05) is 18.7 Å². The minimum absolute atomic E-state index is 0.322. The Kier molecular flexibility index (Phi) is 2.87. The summed E-state index contributed by atoms with van der Waals surface area (Å²) < 4.78 is 2.04. The molecule has 0 aliphatic rings. The van der Waals surface area contributed by atoms with Gasteiger partial charge in [-0.25, -0.2) is 4.98 Å². The Balaban J connectivity index is 2.33. The van der Waals surface area contributed by atoms with Crippen molar-refractivity contribution in [3.63, 3.8) is 0 Å². The van der Waals surface area contributed by atoms with Gasteiger partial charge in [0.25, 0.3) is 5.24 Å². The van der Waals surface area contributed by atoms with Gasteiger partial charge < -0.3 is 9.88 Å². The lowest BCUT2D eigenvalue weighted by molar-refractivity contribution is 0.260. The number of aromatic nitrogens is 2. The van der Waals surface area contributed by atoms with Crippen LogP contribution in [0.25, 0.3) is 11.0 Å². The van der Waals surface area contributed by atoms with E-state index in [9.17, 15) is 4.79 Å². The highest BCUT2D eigenvalue weighted by Gasteiger charge is 2.04. The molecule has 1 N–H and O–H groups in total. The lowest BCUT2D eigenvalue weighted by Crippen LogP contribution is -2.15. The van der Waals surface area contributed by atoms with Gasteiger partial charge in [0.1, 0.15) is 5.82 Å². The first-order valence-electron chi connectivity index (χ1n) is 4.96. The van der Waals surface area contributed by atoms with Crippen LogP contribution in [0.4, 0.5) is 4.79 Å². The molecule has 0 atom stereocenters. The molecule has 0 saturated carbocycles. The predicted octanol–water partition coefficient (Wildman–Crippen LogP) is 2.02. The highest BCUT2D eigenvalue weighted by atomic mass is 32.1. The molecule has 0 fully saturated rings. The second-order valence-electron chi connectivity index (χ2n) is 3.70. The number of nitrogens with one attached hydrogen (secondary N) is 1. The maximum Gasteiger partial charge on any atom is 0.276 e. The predicted molar refractivity (Wildman–Crippen MR) is 66.7 cm³/mol. The molecular formula is C11H13N3OS. The van der Waals surface area contributed by atoms with Gasteiger partial charge in [0.2, 0.25) is 0 Å². The standard InChI is InChI=1S/C11H13N3OS/c1-7-13-9-5-8(6-12-11(15)16)3-4-10(9)14(7)2/h3-5H,6H2,1-2H3,(H2,12,15,16). The first-order valence-corrected chi connectivity index (χ1v) is 5.41. The number of fused-ring (bicyclic) bond motifs is 1. The monoisotopic (exact) mass is 235 g/mol. The lowest BCUT2D eigenvalue weighted by atomic mass is 10.2. The maximum absolute atomic E-state index is 10.7. The number of hydrogen-bond donors (Lipinski definition) is 2. The first-order chi connectivity index (χ1) is 7.58. The molecule has 0 saturated heterocycles. The zero-order chi connectivity index (χ0) is 11.7. The number of hydrogen-bond acceptors (Lipinski definition) is 2. The Bertz CT molecular complexity index is 547. The van der Waals surface area contributed by atoms with E-state index in [-0.39, 0.29) is 5.24 Å². The minimum atomic E-state index is -0.322. The molecule has 2 aromatic rings. The Morgan fingerprint density at radius 1 is 1.56 bits per heavy atom. The van der Waals surface area contributed by atoms with Gasteiger partial charge in [0.15, 0.2) is 0 Å². The average molecular weight is 235 g/mol. The van der Waals surface area contributed by atoms with Crippen LogP contribution in [0.3, 0.4) is 0 Å². The van der Waals surface area contributed by atoms with Gasteiger partial charge in [0, 0.05) is 13.6 Å². The van der Waals surface area contributed by atoms with E-state index >= 15 is 0 Å². The summed E-state index contributed by atoms with van der Waals surface area (Å²) in [6, 6.07) is 5.97. The van der Waals surface area contributed by atoms with Crippen molar-refractivity contribution in [2.24, 2.45) is 7.05 Å². The van der Waals surface area contributed by atoms with Crippen LogP contribution >= 0.6 is 12.6 Å². The molecule has 4 nitrogen and oxygen atoms in total. The molecule has 0 spiro atoms. The van der Waals surface area contributed by atoms with Gasteiger partial charge in [-0.15, -0.1) is 0 Å². The van der Waals surface area contributed by atoms with Crippen molar-refractivity contribution in [2.45, 2.75) is 13.5 Å². The summed E-state index contributed by atoms with van der Waals surface area (Å²) in [5, 5.41) is 2.32. The number of carbonyl (C=O) groups is 1. The zero-order valence-electron chi connectivity index (χ0n) is 9.19. The summed E-state index contributed by atoms with van der Waals surface area (Å²) in [5.41, 5.74) is 3.07. The molecule has 1 heterocycles. The van der Waals surface area contributed by atoms with Crippen LogP contribution in [0.5, 0.6) is 0 Å². The quantitative estimate of drug-likeness (QED) is 0.782. The molecular weight excluding hydrogens is 222 g/mol. The van der Waals surface area contributed by atoms with Crippen molar-refractivity contribution in [2.75, 3.05) is 0 Å². The van der Waals surface area contributed by atoms with Gasteiger partial charge in [-0.2, -0.15) is 0 Å². The number of thiol groups is 1. The van der Waals surface area contributed by atoms with Crippen LogP contribution in [0.1, 0.15) is 11.4 Å². The first kappa shape index (κ1) is 11.0. The van der Waals surface area contributed by atoms with E-state index in [4.69, 9.17) is 0 Å². The fraction of sp³-hybridized carbons (Fsp3) is 0.273. The van der Waals surface area contributed by atoms with Crippen LogP contribution in [-0.4, -0.2) is 14.8 Å². The molecule has 0 bridgehead atoms. The van der Waals surface area contributed by atoms with Crippen molar-refractivity contribution in [3.8, 4) is 0 Å². The fourth-order valence-electron chi connectivity index (χ4n) is 1.65. The molecule has 1 amide bonds. The summed E-state index contributed by atoms with van der Waals surface area (Å²) in [4.78, 5) is 15.1. The van der Waals surface area contributed by atoms with Crippen LogP contribution in [0.15, 0.2) is 18.2 Å². The number of benzene rings is 1. The smallest absolute Gasteiger partial charge is 0.276 e. The van der Waals surface area contributed by atoms with Crippen LogP contribution in [-0.2, 0) is 13.6 Å². The molecule has 0 aliphatic carbocycles. The van der Waals surface area contributed by atoms with Crippen LogP contribution < -0.4 is 5.32 Å². The second-order valence-corrected chi connectivity index (χ2v) is 4.11. The summed E-state index contributed by atoms with van der Waals surface area (Å²) in [7, 11) is 1.99. The molecule has 0 aliphatic heterocycles. The molecule has 0 radical (unpaired) electrons. The van der Waals surface area contributed by atoms with Crippen molar-refractivity contribution in [3.05, 3.63) is 29.6 Å². The van der Waals surface area contributed by atoms with Crippen molar-refractivity contribution in [1.82, 2.24) is 14.9 Å². The Labute approximate surface area is 99.1 Å². The topological polar surface area (TPSA) is 46.9 Å². The third-order valence-electron chi connectivity index (χ3n) is 2.61. The summed E-state index contributed by atoms with van der Waals surface area (Å²) in [5.74, 6) is 0.977. The highest BCUT2D eigenvalue weighted by Crippen LogP contribution is 2.16. The Hall–Kier alpha value is -1.49. The summed E-state index contributed by atoms with van der Waals surface area (Å²) in [6.07, 6.45) is 0. The number of carbonyl (C=O) groups excluding carboxylic acids is 1. The largest absolute Gasteiger partial charge is 0.343 e. The van der Waals surface area contributed by atoms with E-state index in [1.807, 2.05) is 36.7 Å². The van der Waals surface area contributed by atoms with Gasteiger partial charge in [-0.05, 0) is 24.6 Å². The molecule has 16 heavy (non-hydrogen) atoms. The number of imidazole rings is 1. The van der Waals surface area contributed by atoms with Crippen molar-refractivity contribution >= 4 is 28.9 Å². The Morgan fingerprint density at radius 2 is 2.31 bits per heavy atom. The molecule has 84 valence electrons. The third-order valence-corrected chi connectivity index (χ3v) is 2.77. The molecule has 0 unspecified atom stereocenters. The lowest BCUT2D eigenvalue weighted by Gasteiger charge is -2.02. The minimum Gasteiger partial charge on any atom is -0.343 e. The van der Waals surface area contributed by atoms with Crippen molar-refractivity contribution < 1.29 is 4.79 Å². The summed E-state index contributed by atoms with van der Waals surface area (Å²) >= 11 is 3.65. The summed E-state index contributed by atoms with van der Waals surface area (Å²) in [6.45, 7) is 2.45. The van der Waals surface area contributed by atoms with Crippen LogP contribution in [0, 0.1) is 6.92 Å². The van der Waals surface area contributed by atoms with E-state index in [1.165, 1.54) is 0 Å². The highest BCUT2D eigenvalue weighted by molar-refractivity contribution is 7.96. The van der Waals surface area contributed by atoms with Crippen molar-refractivity contribution in [1.29, 1.82) is 0 Å². The SMILES string of the molecule is Cc1nc2cc(CNC(=O)S)ccc2n1C. The van der Waals surface area contributed by atoms with E-state index in [1.54, 1.807) is 0 Å². The molecule has 5 heteroatoms. The number of amides is 1. The maximum atomic E-state index is 10.7.